The maximum atomic E-state index is 13.3. The lowest BCUT2D eigenvalue weighted by atomic mass is 9.79. The van der Waals surface area contributed by atoms with Crippen molar-refractivity contribution in [3.05, 3.63) is 0 Å². The van der Waals surface area contributed by atoms with Crippen molar-refractivity contribution >= 4 is 10.1 Å². The van der Waals surface area contributed by atoms with Crippen LogP contribution in [0.3, 0.4) is 0 Å². The van der Waals surface area contributed by atoms with Crippen molar-refractivity contribution in [1.29, 1.82) is 0 Å². The summed E-state index contributed by atoms with van der Waals surface area (Å²) in [5.74, 6) is 0.274. The van der Waals surface area contributed by atoms with Gasteiger partial charge >= 0.3 is 15.4 Å². The van der Waals surface area contributed by atoms with E-state index in [1.165, 1.54) is 0 Å². The molecule has 2 fully saturated rings. The van der Waals surface area contributed by atoms with Gasteiger partial charge in [-0.2, -0.15) is 17.2 Å². The summed E-state index contributed by atoms with van der Waals surface area (Å²) in [6.07, 6.45) is 1.86. The van der Waals surface area contributed by atoms with Crippen LogP contribution in [0.5, 0.6) is 0 Å². The van der Waals surface area contributed by atoms with E-state index < -0.39 is 21.8 Å². The first kappa shape index (κ1) is 13.2. The third kappa shape index (κ3) is 1.99. The first-order valence-corrected chi connectivity index (χ1v) is 7.34. The van der Waals surface area contributed by atoms with E-state index in [1.807, 2.05) is 0 Å². The molecule has 100 valence electrons. The highest BCUT2D eigenvalue weighted by atomic mass is 32.2. The molecule has 0 aromatic carbocycles. The lowest BCUT2D eigenvalue weighted by molar-refractivity contribution is 0.0387. The topological polar surface area (TPSA) is 54.4 Å². The molecule has 0 radical (unpaired) electrons. The summed E-state index contributed by atoms with van der Waals surface area (Å²) in [7, 11) is -5.28. The summed E-state index contributed by atoms with van der Waals surface area (Å²) < 4.78 is 56.4. The van der Waals surface area contributed by atoms with E-state index in [0.29, 0.717) is 12.3 Å². The van der Waals surface area contributed by atoms with E-state index in [2.05, 4.69) is 13.8 Å². The summed E-state index contributed by atoms with van der Waals surface area (Å²) in [5, 5.41) is -4.00. The minimum absolute atomic E-state index is 0.0277. The number of hydrogen-bond donors (Lipinski definition) is 1. The third-order valence-corrected chi connectivity index (χ3v) is 5.79. The van der Waals surface area contributed by atoms with Crippen molar-refractivity contribution in [3.8, 4) is 0 Å². The minimum atomic E-state index is -5.28. The van der Waals surface area contributed by atoms with Crippen molar-refractivity contribution < 1.29 is 21.8 Å². The molecule has 3 nitrogen and oxygen atoms in total. The second-order valence-corrected chi connectivity index (χ2v) is 7.56. The molecule has 2 saturated carbocycles. The molecule has 0 heterocycles. The molecule has 0 saturated heterocycles. The van der Waals surface area contributed by atoms with Crippen LogP contribution in [-0.4, -0.2) is 18.2 Å². The van der Waals surface area contributed by atoms with E-state index in [4.69, 9.17) is 4.55 Å². The first-order chi connectivity index (χ1) is 7.56. The number of fused-ring (bicyclic) bond motifs is 2. The van der Waals surface area contributed by atoms with E-state index in [0.717, 1.165) is 12.8 Å². The van der Waals surface area contributed by atoms with Crippen molar-refractivity contribution in [3.63, 3.8) is 0 Å². The lowest BCUT2D eigenvalue weighted by Crippen LogP contribution is -2.33. The molecule has 6 heteroatoms. The van der Waals surface area contributed by atoms with Gasteiger partial charge in [-0.15, -0.1) is 0 Å². The zero-order valence-electron chi connectivity index (χ0n) is 9.99. The Labute approximate surface area is 100 Å². The zero-order chi connectivity index (χ0) is 13.1. The Kier molecular flexibility index (Phi) is 2.82. The van der Waals surface area contributed by atoms with Crippen LogP contribution in [-0.2, 0) is 10.1 Å². The van der Waals surface area contributed by atoms with E-state index in [9.17, 15) is 17.2 Å². The maximum absolute atomic E-state index is 13.3. The van der Waals surface area contributed by atoms with E-state index >= 15 is 0 Å². The average Bonchev–Trinajstić information content (AvgIpc) is 2.51. The molecule has 2 aliphatic rings. The molecule has 0 aromatic heterocycles. The molecular weight excluding hydrogens is 250 g/mol. The van der Waals surface area contributed by atoms with Crippen LogP contribution in [0.15, 0.2) is 0 Å². The highest BCUT2D eigenvalue weighted by molar-refractivity contribution is 7.86. The quantitative estimate of drug-likeness (QED) is 0.801. The summed E-state index contributed by atoms with van der Waals surface area (Å²) in [6.45, 7) is 4.14. The third-order valence-electron chi connectivity index (χ3n) is 4.87. The minimum Gasteiger partial charge on any atom is -0.281 e. The van der Waals surface area contributed by atoms with Crippen LogP contribution in [0.1, 0.15) is 39.5 Å². The largest absolute Gasteiger partial charge is 0.370 e. The van der Waals surface area contributed by atoms with Crippen LogP contribution >= 0.6 is 0 Å². The molecule has 0 aromatic rings. The fourth-order valence-corrected chi connectivity index (χ4v) is 4.28. The van der Waals surface area contributed by atoms with Gasteiger partial charge in [-0.1, -0.05) is 13.8 Å². The van der Waals surface area contributed by atoms with Gasteiger partial charge in [0.2, 0.25) is 0 Å². The predicted octanol–water partition coefficient (Wildman–Crippen LogP) is 2.93. The molecule has 3 unspecified atom stereocenters. The Morgan fingerprint density at radius 3 is 2.29 bits per heavy atom. The molecule has 2 rings (SSSR count). The van der Waals surface area contributed by atoms with Crippen LogP contribution in [0, 0.1) is 23.2 Å². The molecule has 2 aliphatic carbocycles. The maximum Gasteiger partial charge on any atom is 0.370 e. The molecule has 17 heavy (non-hydrogen) atoms. The monoisotopic (exact) mass is 268 g/mol. The lowest BCUT2D eigenvalue weighted by Gasteiger charge is -2.28. The van der Waals surface area contributed by atoms with Gasteiger partial charge in [0.05, 0.1) is 0 Å². The Morgan fingerprint density at radius 1 is 1.35 bits per heavy atom. The first-order valence-electron chi connectivity index (χ1n) is 5.90. The van der Waals surface area contributed by atoms with Gasteiger partial charge in [0.1, 0.15) is 0 Å². The van der Waals surface area contributed by atoms with E-state index in [-0.39, 0.29) is 17.3 Å². The average molecular weight is 268 g/mol. The molecule has 1 N–H and O–H groups in total. The van der Waals surface area contributed by atoms with Crippen molar-refractivity contribution in [1.82, 2.24) is 0 Å². The Morgan fingerprint density at radius 2 is 1.94 bits per heavy atom. The van der Waals surface area contributed by atoms with Crippen LogP contribution in [0.4, 0.5) is 8.78 Å². The molecule has 3 atom stereocenters. The fraction of sp³-hybridized carbons (Fsp3) is 1.00. The molecule has 0 spiro atoms. The van der Waals surface area contributed by atoms with Crippen molar-refractivity contribution in [2.24, 2.45) is 23.2 Å². The van der Waals surface area contributed by atoms with Gasteiger partial charge in [0.25, 0.3) is 0 Å². The van der Waals surface area contributed by atoms with Crippen LogP contribution in [0.2, 0.25) is 0 Å². The van der Waals surface area contributed by atoms with Crippen LogP contribution < -0.4 is 0 Å². The van der Waals surface area contributed by atoms with Gasteiger partial charge in [-0.25, -0.2) is 0 Å². The fourth-order valence-electron chi connectivity index (χ4n) is 3.86. The van der Waals surface area contributed by atoms with Gasteiger partial charge < -0.3 is 0 Å². The summed E-state index contributed by atoms with van der Waals surface area (Å²) in [6, 6.07) is 0. The SMILES string of the molecule is CC1(C)C2CCC1C(CC(F)(F)S(=O)(=O)O)C2. The number of rotatable bonds is 3. The summed E-state index contributed by atoms with van der Waals surface area (Å²) >= 11 is 0. The Bertz CT molecular complexity index is 416. The molecule has 0 amide bonds. The second-order valence-electron chi connectivity index (χ2n) is 6.01. The van der Waals surface area contributed by atoms with Gasteiger partial charge in [0.15, 0.2) is 0 Å². The Hall–Kier alpha value is -0.230. The smallest absolute Gasteiger partial charge is 0.281 e. The highest BCUT2D eigenvalue weighted by Crippen LogP contribution is 2.62. The van der Waals surface area contributed by atoms with Gasteiger partial charge in [-0.3, -0.25) is 4.55 Å². The normalized spacial score (nSPS) is 36.4. The van der Waals surface area contributed by atoms with Gasteiger partial charge in [0, 0.05) is 6.42 Å². The predicted molar refractivity (Wildman–Crippen MR) is 59.2 cm³/mol. The van der Waals surface area contributed by atoms with Crippen molar-refractivity contribution in [2.75, 3.05) is 0 Å². The second kappa shape index (κ2) is 3.63. The van der Waals surface area contributed by atoms with Crippen LogP contribution in [0.25, 0.3) is 0 Å². The number of alkyl halides is 2. The standard InChI is InChI=1S/C11H18F2O3S/c1-10(2)8-3-4-9(10)7(5-8)6-11(12,13)17(14,15)16/h7-9H,3-6H2,1-2H3,(H,14,15,16). The zero-order valence-corrected chi connectivity index (χ0v) is 10.8. The summed E-state index contributed by atoms with van der Waals surface area (Å²) in [4.78, 5) is 0. The van der Waals surface area contributed by atoms with Gasteiger partial charge in [-0.05, 0) is 42.4 Å². The molecule has 2 bridgehead atoms. The molecule has 0 aliphatic heterocycles. The number of hydrogen-bond acceptors (Lipinski definition) is 2. The van der Waals surface area contributed by atoms with Crippen molar-refractivity contribution in [2.45, 2.75) is 44.8 Å². The number of halogens is 2. The Balaban J connectivity index is 2.14. The highest BCUT2D eigenvalue weighted by Gasteiger charge is 2.57. The van der Waals surface area contributed by atoms with E-state index in [1.54, 1.807) is 0 Å². The summed E-state index contributed by atoms with van der Waals surface area (Å²) in [5.41, 5.74) is 0.0277. The molecular formula is C11H18F2O3S.